The molecule has 0 spiro atoms. The van der Waals surface area contributed by atoms with E-state index < -0.39 is 58.4 Å². The minimum atomic E-state index is -1.98. The highest BCUT2D eigenvalue weighted by atomic mass is 19.1. The van der Waals surface area contributed by atoms with Gasteiger partial charge in [0.2, 0.25) is 0 Å². The molecule has 1 heterocycles. The molecule has 4 fully saturated rings. The van der Waals surface area contributed by atoms with Crippen molar-refractivity contribution in [3.05, 3.63) is 23.8 Å². The van der Waals surface area contributed by atoms with Crippen LogP contribution in [-0.4, -0.2) is 57.7 Å². The van der Waals surface area contributed by atoms with Gasteiger partial charge < -0.3 is 19.7 Å². The molecular formula is C27H39FO6. The lowest BCUT2D eigenvalue weighted by atomic mass is 9.44. The number of ether oxygens (including phenoxy) is 2. The summed E-state index contributed by atoms with van der Waals surface area (Å²) in [6.45, 7) is 10.7. The number of aliphatic hydroxyl groups excluding tert-OH is 2. The summed E-state index contributed by atoms with van der Waals surface area (Å²) in [6, 6.07) is 0. The number of hydrogen-bond donors (Lipinski definition) is 2. The lowest BCUT2D eigenvalue weighted by Crippen LogP contribution is -2.70. The van der Waals surface area contributed by atoms with Crippen LogP contribution in [0.15, 0.2) is 23.8 Å². The summed E-state index contributed by atoms with van der Waals surface area (Å²) in [5.74, 6) is -2.46. The van der Waals surface area contributed by atoms with E-state index in [4.69, 9.17) is 9.47 Å². The van der Waals surface area contributed by atoms with Gasteiger partial charge in [-0.2, -0.15) is 0 Å². The monoisotopic (exact) mass is 478 g/mol. The lowest BCUT2D eigenvalue weighted by molar-refractivity contribution is -0.246. The van der Waals surface area contributed by atoms with Gasteiger partial charge in [-0.15, -0.1) is 0 Å². The van der Waals surface area contributed by atoms with Crippen molar-refractivity contribution in [2.75, 3.05) is 6.61 Å². The van der Waals surface area contributed by atoms with Crippen LogP contribution in [0.4, 0.5) is 4.39 Å². The van der Waals surface area contributed by atoms with Gasteiger partial charge in [0.15, 0.2) is 28.6 Å². The second-order valence-corrected chi connectivity index (χ2v) is 11.6. The number of alkyl halides is 1. The Bertz CT molecular complexity index is 941. The smallest absolute Gasteiger partial charge is 0.193 e. The SMILES string of the molecule is CC1(C)O[C@@H]2C[C@H]3[C@@H]4CCC5=CC(=O)C=C[C@]5(C)[C@@]4(F)[C@@H](O)C[C@]3(C)[C@]2(C(=O)CO)O1.CCC. The Kier molecular flexibility index (Phi) is 6.08. The first kappa shape index (κ1) is 25.7. The lowest BCUT2D eigenvalue weighted by Gasteiger charge is -2.62. The van der Waals surface area contributed by atoms with Gasteiger partial charge in [-0.05, 0) is 64.5 Å². The molecule has 0 amide bonds. The van der Waals surface area contributed by atoms with Crippen LogP contribution in [0, 0.1) is 22.7 Å². The van der Waals surface area contributed by atoms with E-state index in [0.29, 0.717) is 19.3 Å². The number of allylic oxidation sites excluding steroid dienone is 4. The average Bonchev–Trinajstić information content (AvgIpc) is 3.16. The Morgan fingerprint density at radius 3 is 2.47 bits per heavy atom. The molecule has 3 saturated carbocycles. The van der Waals surface area contributed by atoms with Crippen LogP contribution in [-0.2, 0) is 19.1 Å². The molecule has 7 heteroatoms. The minimum Gasteiger partial charge on any atom is -0.390 e. The molecule has 1 saturated heterocycles. The topological polar surface area (TPSA) is 93.1 Å². The summed E-state index contributed by atoms with van der Waals surface area (Å²) in [5, 5.41) is 21.2. The highest BCUT2D eigenvalue weighted by molar-refractivity contribution is 6.01. The third kappa shape index (κ3) is 3.06. The predicted octanol–water partition coefficient (Wildman–Crippen LogP) is 3.84. The number of hydrogen-bond acceptors (Lipinski definition) is 6. The zero-order chi connectivity index (χ0) is 25.3. The maximum absolute atomic E-state index is 17.1. The molecule has 0 aromatic carbocycles. The van der Waals surface area contributed by atoms with E-state index in [9.17, 15) is 19.8 Å². The van der Waals surface area contributed by atoms with Crippen molar-refractivity contribution in [3.63, 3.8) is 0 Å². The molecule has 0 bridgehead atoms. The van der Waals surface area contributed by atoms with E-state index in [2.05, 4.69) is 13.8 Å². The van der Waals surface area contributed by atoms with Crippen LogP contribution in [0.2, 0.25) is 0 Å². The molecule has 5 aliphatic rings. The predicted molar refractivity (Wildman–Crippen MR) is 125 cm³/mol. The van der Waals surface area contributed by atoms with E-state index in [1.54, 1.807) is 26.8 Å². The minimum absolute atomic E-state index is 0.0109. The van der Waals surface area contributed by atoms with Crippen molar-refractivity contribution < 1.29 is 33.7 Å². The van der Waals surface area contributed by atoms with Crippen molar-refractivity contribution in [1.82, 2.24) is 0 Å². The maximum Gasteiger partial charge on any atom is 0.193 e. The Morgan fingerprint density at radius 2 is 1.85 bits per heavy atom. The first-order valence-corrected chi connectivity index (χ1v) is 12.6. The van der Waals surface area contributed by atoms with Gasteiger partial charge in [0.05, 0.1) is 12.2 Å². The van der Waals surface area contributed by atoms with Gasteiger partial charge in [0.1, 0.15) is 6.61 Å². The van der Waals surface area contributed by atoms with E-state index in [1.807, 2.05) is 6.92 Å². The number of halogens is 1. The number of rotatable bonds is 2. The summed E-state index contributed by atoms with van der Waals surface area (Å²) in [7, 11) is 0. The average molecular weight is 479 g/mol. The molecule has 190 valence electrons. The molecule has 0 unspecified atom stereocenters. The van der Waals surface area contributed by atoms with E-state index in [-0.39, 0.29) is 18.1 Å². The third-order valence-electron chi connectivity index (χ3n) is 9.19. The second kappa shape index (κ2) is 8.05. The Morgan fingerprint density at radius 1 is 1.21 bits per heavy atom. The molecule has 0 aromatic rings. The van der Waals surface area contributed by atoms with Crippen LogP contribution in [0.25, 0.3) is 0 Å². The summed E-state index contributed by atoms with van der Waals surface area (Å²) in [4.78, 5) is 25.1. The molecule has 1 aliphatic heterocycles. The van der Waals surface area contributed by atoms with Gasteiger partial charge in [-0.3, -0.25) is 9.59 Å². The fraction of sp³-hybridized carbons (Fsp3) is 0.778. The van der Waals surface area contributed by atoms with Crippen molar-refractivity contribution in [1.29, 1.82) is 0 Å². The molecular weight excluding hydrogens is 439 g/mol. The second-order valence-electron chi connectivity index (χ2n) is 11.6. The summed E-state index contributed by atoms with van der Waals surface area (Å²) in [6.07, 6.45) is 5.25. The highest BCUT2D eigenvalue weighted by Gasteiger charge is 2.79. The number of carbonyl (C=O) groups is 2. The largest absolute Gasteiger partial charge is 0.390 e. The van der Waals surface area contributed by atoms with Crippen molar-refractivity contribution in [2.45, 2.75) is 103 Å². The zero-order valence-electron chi connectivity index (χ0n) is 21.2. The van der Waals surface area contributed by atoms with E-state index in [1.165, 1.54) is 18.6 Å². The normalized spacial score (nSPS) is 48.0. The van der Waals surface area contributed by atoms with Gasteiger partial charge in [0, 0.05) is 16.7 Å². The van der Waals surface area contributed by atoms with Gasteiger partial charge >= 0.3 is 0 Å². The first-order valence-electron chi connectivity index (χ1n) is 12.6. The first-order chi connectivity index (χ1) is 15.8. The molecule has 5 rings (SSSR count). The van der Waals surface area contributed by atoms with Crippen LogP contribution in [0.5, 0.6) is 0 Å². The Balaban J connectivity index is 0.000000868. The van der Waals surface area contributed by atoms with Crippen molar-refractivity contribution in [2.24, 2.45) is 22.7 Å². The van der Waals surface area contributed by atoms with Gasteiger partial charge in [-0.1, -0.05) is 38.8 Å². The number of carbonyl (C=O) groups excluding carboxylic acids is 2. The number of ketones is 2. The summed E-state index contributed by atoms with van der Waals surface area (Å²) >= 11 is 0. The van der Waals surface area contributed by atoms with Crippen LogP contribution in [0.1, 0.15) is 73.6 Å². The highest BCUT2D eigenvalue weighted by Crippen LogP contribution is 2.72. The molecule has 6 nitrogen and oxygen atoms in total. The standard InChI is InChI=1S/C24H31FO6.C3H8/c1-20(2)30-19-10-16-15-6-5-13-9-14(27)7-8-21(13,3)23(15,25)17(28)11-22(16,4)24(19,31-20)18(29)12-26;1-3-2/h7-9,15-17,19,26,28H,5-6,10-12H2,1-4H3;3H2,1-2H3/t15-,16-,17-,19+,21-,22-,23-,24+;/m0./s1. The quantitative estimate of drug-likeness (QED) is 0.627. The van der Waals surface area contributed by atoms with Crippen molar-refractivity contribution in [3.8, 4) is 0 Å². The van der Waals surface area contributed by atoms with Gasteiger partial charge in [0.25, 0.3) is 0 Å². The van der Waals surface area contributed by atoms with Crippen LogP contribution in [0.3, 0.4) is 0 Å². The van der Waals surface area contributed by atoms with E-state index >= 15 is 4.39 Å². The fourth-order valence-electron chi connectivity index (χ4n) is 7.93. The molecule has 4 aliphatic carbocycles. The van der Waals surface area contributed by atoms with Crippen LogP contribution >= 0.6 is 0 Å². The van der Waals surface area contributed by atoms with Crippen LogP contribution < -0.4 is 0 Å². The molecule has 0 radical (unpaired) electrons. The van der Waals surface area contributed by atoms with E-state index in [0.717, 1.165) is 5.57 Å². The zero-order valence-corrected chi connectivity index (χ0v) is 21.2. The van der Waals surface area contributed by atoms with Gasteiger partial charge in [-0.25, -0.2) is 4.39 Å². The molecule has 2 N–H and O–H groups in total. The maximum atomic E-state index is 17.1. The molecule has 8 atom stereocenters. The summed E-state index contributed by atoms with van der Waals surface area (Å²) < 4.78 is 29.5. The molecule has 0 aromatic heterocycles. The third-order valence-corrected chi connectivity index (χ3v) is 9.19. The fourth-order valence-corrected chi connectivity index (χ4v) is 7.93. The Labute approximate surface area is 201 Å². The van der Waals surface area contributed by atoms with Crippen molar-refractivity contribution >= 4 is 11.6 Å². The Hall–Kier alpha value is -1.41. The number of Topliss-reactive ketones (excluding diaryl/α,β-unsaturated/α-hetero) is 1. The molecule has 34 heavy (non-hydrogen) atoms. The number of fused-ring (bicyclic) bond motifs is 7. The summed E-state index contributed by atoms with van der Waals surface area (Å²) in [5.41, 5.74) is -4.66. The number of aliphatic hydroxyl groups is 2.